The molecule has 9 nitrogen and oxygen atoms in total. The molecule has 158 valence electrons. The van der Waals surface area contributed by atoms with Gasteiger partial charge in [0.2, 0.25) is 5.91 Å². The van der Waals surface area contributed by atoms with Gasteiger partial charge in [-0.25, -0.2) is 4.79 Å². The number of nitrogens with one attached hydrogen (secondary N) is 3. The number of para-hydroxylation sites is 2. The van der Waals surface area contributed by atoms with Crippen LogP contribution in [0.3, 0.4) is 0 Å². The molecule has 0 bridgehead atoms. The fraction of sp³-hybridized carbons (Fsp3) is 0.333. The smallest absolute Gasteiger partial charge is 0.315 e. The SMILES string of the molecule is Nc1ccccc1NC(=O)c1ccc(CNC(=O)NCCCN2CCCC2=O)nc1. The lowest BCUT2D eigenvalue weighted by atomic mass is 10.2. The van der Waals surface area contributed by atoms with Crippen LogP contribution in [-0.4, -0.2) is 47.4 Å². The molecule has 1 aliphatic heterocycles. The Kier molecular flexibility index (Phi) is 7.20. The van der Waals surface area contributed by atoms with E-state index in [2.05, 4.69) is 20.9 Å². The number of carbonyl (C=O) groups excluding carboxylic acids is 3. The summed E-state index contributed by atoms with van der Waals surface area (Å²) < 4.78 is 0. The van der Waals surface area contributed by atoms with E-state index in [1.165, 1.54) is 6.20 Å². The Bertz CT molecular complexity index is 900. The van der Waals surface area contributed by atoms with Gasteiger partial charge in [-0.1, -0.05) is 12.1 Å². The van der Waals surface area contributed by atoms with Gasteiger partial charge in [0.05, 0.1) is 29.2 Å². The van der Waals surface area contributed by atoms with Gasteiger partial charge in [0.25, 0.3) is 5.91 Å². The van der Waals surface area contributed by atoms with Gasteiger partial charge in [0, 0.05) is 32.3 Å². The Hall–Kier alpha value is -3.62. The number of benzene rings is 1. The zero-order valence-electron chi connectivity index (χ0n) is 16.7. The van der Waals surface area contributed by atoms with Gasteiger partial charge in [-0.15, -0.1) is 0 Å². The highest BCUT2D eigenvalue weighted by Crippen LogP contribution is 2.17. The van der Waals surface area contributed by atoms with Gasteiger partial charge in [-0.2, -0.15) is 0 Å². The molecule has 2 heterocycles. The van der Waals surface area contributed by atoms with Crippen molar-refractivity contribution < 1.29 is 14.4 Å². The van der Waals surface area contributed by atoms with Crippen LogP contribution in [0.4, 0.5) is 16.2 Å². The van der Waals surface area contributed by atoms with E-state index in [0.29, 0.717) is 48.6 Å². The average molecular weight is 410 g/mol. The van der Waals surface area contributed by atoms with Crippen LogP contribution in [0.1, 0.15) is 35.3 Å². The van der Waals surface area contributed by atoms with E-state index in [1.807, 2.05) is 4.90 Å². The number of aromatic nitrogens is 1. The standard InChI is InChI=1S/C21H26N6O3/c22-17-5-1-2-6-18(17)26-20(29)15-8-9-16(24-13-15)14-25-21(30)23-10-4-12-27-11-3-7-19(27)28/h1-2,5-6,8-9,13H,3-4,7,10-12,14,22H2,(H,26,29)(H2,23,25,30). The molecule has 4 amide bonds. The number of amides is 4. The number of likely N-dealkylation sites (tertiary alicyclic amines) is 1. The van der Waals surface area contributed by atoms with Crippen LogP contribution in [0.25, 0.3) is 0 Å². The molecule has 1 aliphatic rings. The molecule has 0 aliphatic carbocycles. The number of carbonyl (C=O) groups is 3. The summed E-state index contributed by atoms with van der Waals surface area (Å²) in [5, 5.41) is 8.22. The number of pyridine rings is 1. The Balaban J connectivity index is 1.37. The fourth-order valence-corrected chi connectivity index (χ4v) is 3.11. The third kappa shape index (κ3) is 5.94. The van der Waals surface area contributed by atoms with Crippen LogP contribution in [0.15, 0.2) is 42.6 Å². The molecule has 0 saturated carbocycles. The van der Waals surface area contributed by atoms with Gasteiger partial charge in [-0.3, -0.25) is 14.6 Å². The molecule has 3 rings (SSSR count). The lowest BCUT2D eigenvalue weighted by Crippen LogP contribution is -2.37. The molecule has 0 radical (unpaired) electrons. The second kappa shape index (κ2) is 10.2. The van der Waals surface area contributed by atoms with Crippen molar-refractivity contribution >= 4 is 29.2 Å². The van der Waals surface area contributed by atoms with Gasteiger partial charge >= 0.3 is 6.03 Å². The average Bonchev–Trinajstić information content (AvgIpc) is 3.16. The maximum atomic E-state index is 12.3. The lowest BCUT2D eigenvalue weighted by Gasteiger charge is -2.15. The highest BCUT2D eigenvalue weighted by atomic mass is 16.2. The van der Waals surface area contributed by atoms with Crippen molar-refractivity contribution in [3.05, 3.63) is 53.9 Å². The number of nitrogen functional groups attached to an aromatic ring is 1. The number of nitrogens with two attached hydrogens (primary N) is 1. The highest BCUT2D eigenvalue weighted by Gasteiger charge is 2.19. The minimum Gasteiger partial charge on any atom is -0.397 e. The second-order valence-corrected chi connectivity index (χ2v) is 7.03. The summed E-state index contributed by atoms with van der Waals surface area (Å²) in [7, 11) is 0. The Morgan fingerprint density at radius 1 is 1.13 bits per heavy atom. The molecule has 2 aromatic rings. The Morgan fingerprint density at radius 3 is 2.67 bits per heavy atom. The zero-order valence-corrected chi connectivity index (χ0v) is 16.7. The molecule has 0 unspecified atom stereocenters. The summed E-state index contributed by atoms with van der Waals surface area (Å²) in [5.41, 5.74) is 7.87. The molecule has 5 N–H and O–H groups in total. The second-order valence-electron chi connectivity index (χ2n) is 7.03. The van der Waals surface area contributed by atoms with E-state index in [-0.39, 0.29) is 24.4 Å². The molecule has 1 aromatic heterocycles. The van der Waals surface area contributed by atoms with E-state index in [9.17, 15) is 14.4 Å². The van der Waals surface area contributed by atoms with Gasteiger partial charge in [-0.05, 0) is 37.1 Å². The van der Waals surface area contributed by atoms with E-state index < -0.39 is 0 Å². The first-order valence-corrected chi connectivity index (χ1v) is 9.93. The van der Waals surface area contributed by atoms with E-state index in [0.717, 1.165) is 13.0 Å². The third-order valence-corrected chi connectivity index (χ3v) is 4.79. The highest BCUT2D eigenvalue weighted by molar-refractivity contribution is 6.05. The number of rotatable bonds is 8. The predicted molar refractivity (Wildman–Crippen MR) is 114 cm³/mol. The van der Waals surface area contributed by atoms with Crippen LogP contribution in [0, 0.1) is 0 Å². The number of urea groups is 1. The minimum absolute atomic E-state index is 0.190. The summed E-state index contributed by atoms with van der Waals surface area (Å²) in [6, 6.07) is 10.0. The quantitative estimate of drug-likeness (QED) is 0.389. The first-order valence-electron chi connectivity index (χ1n) is 9.93. The number of anilines is 2. The van der Waals surface area contributed by atoms with Crippen LogP contribution in [-0.2, 0) is 11.3 Å². The van der Waals surface area contributed by atoms with Crippen LogP contribution in [0.5, 0.6) is 0 Å². The van der Waals surface area contributed by atoms with Crippen LogP contribution >= 0.6 is 0 Å². The summed E-state index contributed by atoms with van der Waals surface area (Å²) in [6.45, 7) is 2.21. The largest absolute Gasteiger partial charge is 0.397 e. The number of hydrogen-bond donors (Lipinski definition) is 4. The van der Waals surface area contributed by atoms with Crippen molar-refractivity contribution in [2.75, 3.05) is 30.7 Å². The summed E-state index contributed by atoms with van der Waals surface area (Å²) >= 11 is 0. The maximum absolute atomic E-state index is 12.3. The molecular weight excluding hydrogens is 384 g/mol. The van der Waals surface area contributed by atoms with Gasteiger partial charge in [0.1, 0.15) is 0 Å². The van der Waals surface area contributed by atoms with E-state index >= 15 is 0 Å². The van der Waals surface area contributed by atoms with Crippen molar-refractivity contribution in [3.63, 3.8) is 0 Å². The van der Waals surface area contributed by atoms with Crippen molar-refractivity contribution in [1.82, 2.24) is 20.5 Å². The van der Waals surface area contributed by atoms with Crippen molar-refractivity contribution in [1.29, 1.82) is 0 Å². The molecular formula is C21H26N6O3. The van der Waals surface area contributed by atoms with Gasteiger partial charge in [0.15, 0.2) is 0 Å². The first-order chi connectivity index (χ1) is 14.5. The van der Waals surface area contributed by atoms with Crippen molar-refractivity contribution in [2.24, 2.45) is 0 Å². The minimum atomic E-state index is -0.311. The third-order valence-electron chi connectivity index (χ3n) is 4.79. The van der Waals surface area contributed by atoms with Crippen molar-refractivity contribution in [3.8, 4) is 0 Å². The molecule has 30 heavy (non-hydrogen) atoms. The van der Waals surface area contributed by atoms with E-state index in [1.54, 1.807) is 36.4 Å². The number of hydrogen-bond acceptors (Lipinski definition) is 5. The Labute approximate surface area is 175 Å². The Morgan fingerprint density at radius 2 is 1.97 bits per heavy atom. The molecule has 0 atom stereocenters. The molecule has 1 fully saturated rings. The summed E-state index contributed by atoms with van der Waals surface area (Å²) in [5.74, 6) is -0.121. The van der Waals surface area contributed by atoms with Gasteiger partial charge < -0.3 is 26.6 Å². The van der Waals surface area contributed by atoms with Crippen molar-refractivity contribution in [2.45, 2.75) is 25.8 Å². The maximum Gasteiger partial charge on any atom is 0.315 e. The topological polar surface area (TPSA) is 129 Å². The predicted octanol–water partition coefficient (Wildman–Crippen LogP) is 1.73. The molecule has 1 aromatic carbocycles. The fourth-order valence-electron chi connectivity index (χ4n) is 3.11. The molecule has 9 heteroatoms. The number of nitrogens with zero attached hydrogens (tertiary/aromatic N) is 2. The summed E-state index contributed by atoms with van der Waals surface area (Å²) in [4.78, 5) is 41.7. The van der Waals surface area contributed by atoms with Crippen LogP contribution < -0.4 is 21.7 Å². The normalized spacial score (nSPS) is 13.2. The molecule has 0 spiro atoms. The zero-order chi connectivity index (χ0) is 21.3. The van der Waals surface area contributed by atoms with E-state index in [4.69, 9.17) is 5.73 Å². The van der Waals surface area contributed by atoms with Crippen LogP contribution in [0.2, 0.25) is 0 Å². The lowest BCUT2D eigenvalue weighted by molar-refractivity contribution is -0.127. The molecule has 1 saturated heterocycles. The monoisotopic (exact) mass is 410 g/mol. The summed E-state index contributed by atoms with van der Waals surface area (Å²) in [6.07, 6.45) is 3.71. The first kappa shape index (κ1) is 21.1.